The molecule has 2 N–H and O–H groups in total. The van der Waals surface area contributed by atoms with E-state index >= 15 is 0 Å². The van der Waals surface area contributed by atoms with E-state index in [9.17, 15) is 14.4 Å². The highest BCUT2D eigenvalue weighted by atomic mass is 16.5. The van der Waals surface area contributed by atoms with Crippen molar-refractivity contribution in [2.45, 2.75) is 25.8 Å². The van der Waals surface area contributed by atoms with Crippen molar-refractivity contribution < 1.29 is 19.1 Å². The van der Waals surface area contributed by atoms with E-state index in [0.29, 0.717) is 0 Å². The summed E-state index contributed by atoms with van der Waals surface area (Å²) in [5.74, 6) is -1.47. The summed E-state index contributed by atoms with van der Waals surface area (Å²) in [6.45, 7) is 0.937. The van der Waals surface area contributed by atoms with Crippen LogP contribution >= 0.6 is 0 Å². The predicted molar refractivity (Wildman–Crippen MR) is 80.4 cm³/mol. The van der Waals surface area contributed by atoms with Crippen LogP contribution in [-0.2, 0) is 19.1 Å². The van der Waals surface area contributed by atoms with Crippen LogP contribution in [0.2, 0.25) is 0 Å². The molecule has 1 aliphatic carbocycles. The van der Waals surface area contributed by atoms with Crippen LogP contribution in [-0.4, -0.2) is 30.4 Å². The Labute approximate surface area is 128 Å². The Hall–Kier alpha value is -2.63. The Bertz CT molecular complexity index is 591. The summed E-state index contributed by atoms with van der Waals surface area (Å²) in [6, 6.07) is 9.25. The number of hydrogen-bond donors (Lipinski definition) is 2. The first-order chi connectivity index (χ1) is 10.5. The van der Waals surface area contributed by atoms with Gasteiger partial charge in [-0.2, -0.15) is 0 Å². The fourth-order valence-electron chi connectivity index (χ4n) is 1.76. The first-order valence-electron chi connectivity index (χ1n) is 7.05. The molecule has 1 aliphatic rings. The minimum atomic E-state index is -0.745. The van der Waals surface area contributed by atoms with Gasteiger partial charge in [0.25, 0.3) is 5.91 Å². The summed E-state index contributed by atoms with van der Waals surface area (Å²) >= 11 is 0. The molecule has 0 heterocycles. The average molecular weight is 302 g/mol. The van der Waals surface area contributed by atoms with E-state index in [4.69, 9.17) is 4.74 Å². The van der Waals surface area contributed by atoms with E-state index in [1.807, 2.05) is 18.2 Å². The number of nitrogens with one attached hydrogen (secondary N) is 2. The molecular formula is C16H18N2O4. The Morgan fingerprint density at radius 1 is 1.23 bits per heavy atom. The minimum Gasteiger partial charge on any atom is -0.451 e. The normalized spacial score (nSPS) is 14.1. The SMILES string of the molecule is CC(=O)N/C(=C/c1ccccc1)C(=O)OCC(=O)NC1CC1. The lowest BCUT2D eigenvalue weighted by atomic mass is 10.2. The van der Waals surface area contributed by atoms with Gasteiger partial charge >= 0.3 is 5.97 Å². The molecule has 2 rings (SSSR count). The second-order valence-corrected chi connectivity index (χ2v) is 5.07. The van der Waals surface area contributed by atoms with Crippen LogP contribution in [0, 0.1) is 0 Å². The highest BCUT2D eigenvalue weighted by molar-refractivity contribution is 5.98. The lowest BCUT2D eigenvalue weighted by Gasteiger charge is -2.09. The predicted octanol–water partition coefficient (Wildman–Crippen LogP) is 0.985. The van der Waals surface area contributed by atoms with Crippen molar-refractivity contribution in [1.82, 2.24) is 10.6 Å². The number of hydrogen-bond acceptors (Lipinski definition) is 4. The maximum absolute atomic E-state index is 12.0. The molecule has 116 valence electrons. The molecule has 0 aromatic heterocycles. The van der Waals surface area contributed by atoms with E-state index in [0.717, 1.165) is 18.4 Å². The Morgan fingerprint density at radius 3 is 2.50 bits per heavy atom. The number of carbonyl (C=O) groups excluding carboxylic acids is 3. The molecule has 0 radical (unpaired) electrons. The van der Waals surface area contributed by atoms with Crippen molar-refractivity contribution in [3.05, 3.63) is 41.6 Å². The van der Waals surface area contributed by atoms with Crippen molar-refractivity contribution in [2.24, 2.45) is 0 Å². The summed E-state index contributed by atoms with van der Waals surface area (Å²) in [5, 5.41) is 5.14. The molecular weight excluding hydrogens is 284 g/mol. The molecule has 0 atom stereocenters. The van der Waals surface area contributed by atoms with Crippen molar-refractivity contribution >= 4 is 23.9 Å². The van der Waals surface area contributed by atoms with E-state index in [1.165, 1.54) is 13.0 Å². The topological polar surface area (TPSA) is 84.5 Å². The van der Waals surface area contributed by atoms with Crippen LogP contribution in [0.15, 0.2) is 36.0 Å². The van der Waals surface area contributed by atoms with E-state index in [2.05, 4.69) is 10.6 Å². The summed E-state index contributed by atoms with van der Waals surface area (Å²) in [5.41, 5.74) is 0.739. The van der Waals surface area contributed by atoms with E-state index in [-0.39, 0.29) is 30.2 Å². The Morgan fingerprint density at radius 2 is 1.91 bits per heavy atom. The molecule has 2 amide bonds. The smallest absolute Gasteiger partial charge is 0.355 e. The monoisotopic (exact) mass is 302 g/mol. The number of carbonyl (C=O) groups is 3. The van der Waals surface area contributed by atoms with Crippen LogP contribution < -0.4 is 10.6 Å². The highest BCUT2D eigenvalue weighted by Gasteiger charge is 2.24. The number of benzene rings is 1. The van der Waals surface area contributed by atoms with Crippen molar-refractivity contribution in [3.8, 4) is 0 Å². The zero-order valence-electron chi connectivity index (χ0n) is 12.3. The van der Waals surface area contributed by atoms with Crippen molar-refractivity contribution in [1.29, 1.82) is 0 Å². The van der Waals surface area contributed by atoms with E-state index < -0.39 is 5.97 Å². The van der Waals surface area contributed by atoms with Gasteiger partial charge in [0, 0.05) is 13.0 Å². The zero-order valence-corrected chi connectivity index (χ0v) is 12.3. The van der Waals surface area contributed by atoms with Gasteiger partial charge in [-0.15, -0.1) is 0 Å². The molecule has 1 saturated carbocycles. The van der Waals surface area contributed by atoms with Gasteiger partial charge in [-0.25, -0.2) is 4.79 Å². The molecule has 6 nitrogen and oxygen atoms in total. The third kappa shape index (κ3) is 5.40. The number of amides is 2. The van der Waals surface area contributed by atoms with Gasteiger partial charge in [0.05, 0.1) is 0 Å². The molecule has 0 spiro atoms. The van der Waals surface area contributed by atoms with Gasteiger partial charge in [-0.05, 0) is 24.5 Å². The van der Waals surface area contributed by atoms with Gasteiger partial charge in [0.1, 0.15) is 5.70 Å². The maximum atomic E-state index is 12.0. The number of rotatable bonds is 6. The molecule has 0 saturated heterocycles. The lowest BCUT2D eigenvalue weighted by Crippen LogP contribution is -2.32. The standard InChI is InChI=1S/C16H18N2O4/c1-11(19)17-14(9-12-5-3-2-4-6-12)16(21)22-10-15(20)18-13-7-8-13/h2-6,9,13H,7-8,10H2,1H3,(H,17,19)(H,18,20)/b14-9+. The molecule has 0 unspecified atom stereocenters. The lowest BCUT2D eigenvalue weighted by molar-refractivity contribution is -0.145. The van der Waals surface area contributed by atoms with Gasteiger partial charge in [0.15, 0.2) is 6.61 Å². The van der Waals surface area contributed by atoms with Gasteiger partial charge < -0.3 is 15.4 Å². The summed E-state index contributed by atoms with van der Waals surface area (Å²) in [7, 11) is 0. The molecule has 1 aromatic rings. The largest absolute Gasteiger partial charge is 0.451 e. The van der Waals surface area contributed by atoms with Gasteiger partial charge in [-0.1, -0.05) is 30.3 Å². The zero-order chi connectivity index (χ0) is 15.9. The van der Waals surface area contributed by atoms with Gasteiger partial charge in [0.2, 0.25) is 5.91 Å². The second-order valence-electron chi connectivity index (χ2n) is 5.07. The Balaban J connectivity index is 1.97. The number of ether oxygens (including phenoxy) is 1. The summed E-state index contributed by atoms with van der Waals surface area (Å²) in [4.78, 5) is 34.7. The first-order valence-corrected chi connectivity index (χ1v) is 7.05. The maximum Gasteiger partial charge on any atom is 0.355 e. The average Bonchev–Trinajstić information content (AvgIpc) is 3.28. The Kier molecular flexibility index (Phi) is 5.30. The second kappa shape index (κ2) is 7.40. The van der Waals surface area contributed by atoms with Gasteiger partial charge in [-0.3, -0.25) is 9.59 Å². The van der Waals surface area contributed by atoms with Crippen LogP contribution in [0.5, 0.6) is 0 Å². The molecule has 0 bridgehead atoms. The fourth-order valence-corrected chi connectivity index (χ4v) is 1.76. The quantitative estimate of drug-likeness (QED) is 0.606. The third-order valence-corrected chi connectivity index (χ3v) is 2.92. The van der Waals surface area contributed by atoms with Crippen LogP contribution in [0.4, 0.5) is 0 Å². The van der Waals surface area contributed by atoms with Crippen LogP contribution in [0.3, 0.4) is 0 Å². The summed E-state index contributed by atoms with van der Waals surface area (Å²) in [6.07, 6.45) is 3.43. The van der Waals surface area contributed by atoms with E-state index in [1.54, 1.807) is 12.1 Å². The van der Waals surface area contributed by atoms with Crippen molar-refractivity contribution in [3.63, 3.8) is 0 Å². The van der Waals surface area contributed by atoms with Crippen LogP contribution in [0.25, 0.3) is 6.08 Å². The molecule has 1 fully saturated rings. The molecule has 1 aromatic carbocycles. The van der Waals surface area contributed by atoms with Crippen molar-refractivity contribution in [2.75, 3.05) is 6.61 Å². The third-order valence-electron chi connectivity index (χ3n) is 2.92. The molecule has 6 heteroatoms. The first kappa shape index (κ1) is 15.8. The molecule has 0 aliphatic heterocycles. The van der Waals surface area contributed by atoms with Crippen LogP contribution in [0.1, 0.15) is 25.3 Å². The summed E-state index contributed by atoms with van der Waals surface area (Å²) < 4.78 is 4.93. The highest BCUT2D eigenvalue weighted by Crippen LogP contribution is 2.18. The number of esters is 1. The molecule has 22 heavy (non-hydrogen) atoms. The fraction of sp³-hybridized carbons (Fsp3) is 0.312. The minimum absolute atomic E-state index is 0.00192.